The van der Waals surface area contributed by atoms with E-state index in [2.05, 4.69) is 6.08 Å². The summed E-state index contributed by atoms with van der Waals surface area (Å²) in [6.07, 6.45) is 10.4. The number of amides is 1. The largest absolute Gasteiger partial charge is 0.339 e. The van der Waals surface area contributed by atoms with Crippen LogP contribution in [0, 0.1) is 0 Å². The molecule has 0 spiro atoms. The van der Waals surface area contributed by atoms with E-state index in [-0.39, 0.29) is 5.91 Å². The molecule has 0 aromatic heterocycles. The Bertz CT molecular complexity index is 259. The van der Waals surface area contributed by atoms with E-state index < -0.39 is 0 Å². The second kappa shape index (κ2) is 3.77. The molecule has 0 saturated carbocycles. The molecule has 0 unspecified atom stereocenters. The van der Waals surface area contributed by atoms with Crippen LogP contribution in [0.5, 0.6) is 0 Å². The van der Waals surface area contributed by atoms with Crippen LogP contribution in [-0.2, 0) is 4.79 Å². The molecule has 0 bridgehead atoms. The van der Waals surface area contributed by atoms with Crippen molar-refractivity contribution >= 4 is 5.91 Å². The highest BCUT2D eigenvalue weighted by Gasteiger charge is 2.20. The first-order valence-corrected chi connectivity index (χ1v) is 5.03. The Labute approximate surface area is 78.9 Å². The third-order valence-electron chi connectivity index (χ3n) is 2.68. The number of hydrogen-bond acceptors (Lipinski definition) is 1. The summed E-state index contributed by atoms with van der Waals surface area (Å²) in [6.45, 7) is 1.92. The predicted octanol–water partition coefficient (Wildman–Crippen LogP) is 1.89. The number of rotatable bonds is 1. The number of allylic oxidation sites excluding steroid dienone is 3. The Morgan fingerprint density at radius 3 is 2.69 bits per heavy atom. The fourth-order valence-corrected chi connectivity index (χ4v) is 1.90. The minimum Gasteiger partial charge on any atom is -0.339 e. The Morgan fingerprint density at radius 1 is 1.31 bits per heavy atom. The Kier molecular flexibility index (Phi) is 2.48. The van der Waals surface area contributed by atoms with Gasteiger partial charge in [0.25, 0.3) is 0 Å². The molecule has 2 nitrogen and oxygen atoms in total. The van der Waals surface area contributed by atoms with Gasteiger partial charge in [-0.2, -0.15) is 0 Å². The third-order valence-corrected chi connectivity index (χ3v) is 2.68. The molecule has 0 aromatic rings. The van der Waals surface area contributed by atoms with Crippen molar-refractivity contribution in [2.75, 3.05) is 13.1 Å². The van der Waals surface area contributed by atoms with E-state index in [1.807, 2.05) is 17.1 Å². The van der Waals surface area contributed by atoms with Crippen LogP contribution in [0.25, 0.3) is 0 Å². The molecule has 1 fully saturated rings. The van der Waals surface area contributed by atoms with Crippen LogP contribution in [0.4, 0.5) is 0 Å². The first-order valence-electron chi connectivity index (χ1n) is 5.03. The number of likely N-dealkylation sites (tertiary alicyclic amines) is 1. The summed E-state index contributed by atoms with van der Waals surface area (Å²) < 4.78 is 0. The minimum absolute atomic E-state index is 0.266. The highest BCUT2D eigenvalue weighted by molar-refractivity contribution is 5.94. The summed E-state index contributed by atoms with van der Waals surface area (Å²) in [5.41, 5.74) is 0.990. The maximum Gasteiger partial charge on any atom is 0.249 e. The van der Waals surface area contributed by atoms with E-state index in [4.69, 9.17) is 0 Å². The maximum absolute atomic E-state index is 11.8. The van der Waals surface area contributed by atoms with E-state index in [1.165, 1.54) is 12.8 Å². The molecule has 70 valence electrons. The lowest BCUT2D eigenvalue weighted by molar-refractivity contribution is -0.126. The third kappa shape index (κ3) is 1.82. The first-order chi connectivity index (χ1) is 6.38. The number of carbonyl (C=O) groups excluding carboxylic acids is 1. The number of carbonyl (C=O) groups is 1. The highest BCUT2D eigenvalue weighted by atomic mass is 16.2. The van der Waals surface area contributed by atoms with Crippen molar-refractivity contribution in [3.05, 3.63) is 23.8 Å². The highest BCUT2D eigenvalue weighted by Crippen LogP contribution is 2.17. The molecule has 1 heterocycles. The van der Waals surface area contributed by atoms with Crippen molar-refractivity contribution in [3.63, 3.8) is 0 Å². The zero-order valence-corrected chi connectivity index (χ0v) is 7.83. The summed E-state index contributed by atoms with van der Waals surface area (Å²) in [6, 6.07) is 0. The van der Waals surface area contributed by atoms with Crippen LogP contribution in [0.1, 0.15) is 25.7 Å². The van der Waals surface area contributed by atoms with Gasteiger partial charge in [-0.3, -0.25) is 4.79 Å². The fraction of sp³-hybridized carbons (Fsp3) is 0.545. The summed E-state index contributed by atoms with van der Waals surface area (Å²) >= 11 is 0. The van der Waals surface area contributed by atoms with Crippen molar-refractivity contribution in [2.24, 2.45) is 0 Å². The lowest BCUT2D eigenvalue weighted by Crippen LogP contribution is -2.29. The fourth-order valence-electron chi connectivity index (χ4n) is 1.90. The second-order valence-corrected chi connectivity index (χ2v) is 3.66. The van der Waals surface area contributed by atoms with E-state index in [0.29, 0.717) is 0 Å². The van der Waals surface area contributed by atoms with Gasteiger partial charge in [0.2, 0.25) is 5.91 Å². The van der Waals surface area contributed by atoms with Crippen LogP contribution in [-0.4, -0.2) is 23.9 Å². The number of nitrogens with zero attached hydrogens (tertiary/aromatic N) is 1. The van der Waals surface area contributed by atoms with Gasteiger partial charge in [-0.05, 0) is 25.7 Å². The van der Waals surface area contributed by atoms with Gasteiger partial charge in [-0.25, -0.2) is 0 Å². The lowest BCUT2D eigenvalue weighted by Gasteiger charge is -2.17. The second-order valence-electron chi connectivity index (χ2n) is 3.66. The molecule has 1 saturated heterocycles. The van der Waals surface area contributed by atoms with Crippen molar-refractivity contribution in [1.82, 2.24) is 4.90 Å². The normalized spacial score (nSPS) is 21.8. The molecular formula is C11H15NO. The molecule has 2 heteroatoms. The van der Waals surface area contributed by atoms with Gasteiger partial charge in [0.05, 0.1) is 0 Å². The van der Waals surface area contributed by atoms with Gasteiger partial charge < -0.3 is 4.90 Å². The van der Waals surface area contributed by atoms with Gasteiger partial charge >= 0.3 is 0 Å². The zero-order chi connectivity index (χ0) is 9.10. The van der Waals surface area contributed by atoms with Gasteiger partial charge in [0, 0.05) is 18.7 Å². The number of hydrogen-bond donors (Lipinski definition) is 0. The SMILES string of the molecule is O=C(C1=CC=CCC1)N1CCCC1. The molecule has 2 aliphatic rings. The van der Waals surface area contributed by atoms with Gasteiger partial charge in [-0.1, -0.05) is 18.2 Å². The quantitative estimate of drug-likeness (QED) is 0.599. The van der Waals surface area contributed by atoms with Crippen LogP contribution in [0.15, 0.2) is 23.8 Å². The first kappa shape index (κ1) is 8.54. The summed E-state index contributed by atoms with van der Waals surface area (Å²) in [4.78, 5) is 13.8. The van der Waals surface area contributed by atoms with Gasteiger partial charge in [0.1, 0.15) is 0 Å². The van der Waals surface area contributed by atoms with Crippen LogP contribution in [0.2, 0.25) is 0 Å². The molecule has 0 aromatic carbocycles. The molecule has 1 aliphatic carbocycles. The predicted molar refractivity (Wildman–Crippen MR) is 52.3 cm³/mol. The lowest BCUT2D eigenvalue weighted by atomic mass is 10.0. The van der Waals surface area contributed by atoms with Gasteiger partial charge in [-0.15, -0.1) is 0 Å². The van der Waals surface area contributed by atoms with Crippen LogP contribution in [0.3, 0.4) is 0 Å². The molecule has 1 aliphatic heterocycles. The van der Waals surface area contributed by atoms with Crippen molar-refractivity contribution in [3.8, 4) is 0 Å². The zero-order valence-electron chi connectivity index (χ0n) is 7.83. The minimum atomic E-state index is 0.266. The summed E-state index contributed by atoms with van der Waals surface area (Å²) in [5, 5.41) is 0. The molecule has 0 N–H and O–H groups in total. The smallest absolute Gasteiger partial charge is 0.249 e. The molecule has 1 amide bonds. The Hall–Kier alpha value is -1.05. The summed E-state index contributed by atoms with van der Waals surface area (Å²) in [5.74, 6) is 0.266. The van der Waals surface area contributed by atoms with E-state index >= 15 is 0 Å². The van der Waals surface area contributed by atoms with E-state index in [0.717, 1.165) is 31.5 Å². The standard InChI is InChI=1S/C11H15NO/c13-11(12-8-4-5-9-12)10-6-2-1-3-7-10/h1-2,6H,3-5,7-9H2. The van der Waals surface area contributed by atoms with Crippen molar-refractivity contribution < 1.29 is 4.79 Å². The van der Waals surface area contributed by atoms with Crippen LogP contribution < -0.4 is 0 Å². The monoisotopic (exact) mass is 177 g/mol. The topological polar surface area (TPSA) is 20.3 Å². The molecule has 2 rings (SSSR count). The molecular weight excluding hydrogens is 162 g/mol. The van der Waals surface area contributed by atoms with Gasteiger partial charge in [0.15, 0.2) is 0 Å². The van der Waals surface area contributed by atoms with Crippen LogP contribution >= 0.6 is 0 Å². The van der Waals surface area contributed by atoms with Crippen molar-refractivity contribution in [2.45, 2.75) is 25.7 Å². The average molecular weight is 177 g/mol. The summed E-state index contributed by atoms with van der Waals surface area (Å²) in [7, 11) is 0. The maximum atomic E-state index is 11.8. The Morgan fingerprint density at radius 2 is 2.08 bits per heavy atom. The Balaban J connectivity index is 2.02. The molecule has 13 heavy (non-hydrogen) atoms. The van der Waals surface area contributed by atoms with E-state index in [9.17, 15) is 4.79 Å². The van der Waals surface area contributed by atoms with E-state index in [1.54, 1.807) is 0 Å². The van der Waals surface area contributed by atoms with Crippen molar-refractivity contribution in [1.29, 1.82) is 0 Å². The molecule has 0 radical (unpaired) electrons. The average Bonchev–Trinajstić information content (AvgIpc) is 2.71. The molecule has 0 atom stereocenters.